The van der Waals surface area contributed by atoms with Crippen molar-refractivity contribution in [2.24, 2.45) is 0 Å². The maximum atomic E-state index is 12.4. The van der Waals surface area contributed by atoms with Gasteiger partial charge < -0.3 is 9.72 Å². The van der Waals surface area contributed by atoms with E-state index in [0.717, 1.165) is 6.20 Å². The van der Waals surface area contributed by atoms with Crippen molar-refractivity contribution < 1.29 is 18.3 Å². The summed E-state index contributed by atoms with van der Waals surface area (Å²) in [6.07, 6.45) is -2.18. The first-order valence-corrected chi connectivity index (χ1v) is 4.10. The number of halogens is 2. The average molecular weight is 218 g/mol. The number of carbonyl (C=O) groups excluding carboxylic acids is 1. The highest BCUT2D eigenvalue weighted by atomic mass is 19.3. The molecular weight excluding hydrogens is 210 g/mol. The Balaban J connectivity index is 3.17. The molecule has 0 aliphatic heterocycles. The zero-order valence-electron chi connectivity index (χ0n) is 7.79. The predicted octanol–water partition coefficient (Wildman–Crippen LogP) is 0.884. The first kappa shape index (κ1) is 11.3. The molecule has 0 radical (unpaired) electrons. The van der Waals surface area contributed by atoms with Gasteiger partial charge in [-0.05, 0) is 6.92 Å². The van der Waals surface area contributed by atoms with E-state index in [9.17, 15) is 18.4 Å². The molecule has 1 heterocycles. The predicted molar refractivity (Wildman–Crippen MR) is 45.8 cm³/mol. The normalized spacial score (nSPS) is 10.4. The zero-order valence-corrected chi connectivity index (χ0v) is 7.79. The molecule has 0 atom stereocenters. The molecule has 0 bridgehead atoms. The van der Waals surface area contributed by atoms with E-state index in [1.165, 1.54) is 0 Å². The van der Waals surface area contributed by atoms with Crippen molar-refractivity contribution in [3.05, 3.63) is 27.9 Å². The maximum Gasteiger partial charge on any atom is 0.345 e. The van der Waals surface area contributed by atoms with Crippen molar-refractivity contribution in [1.82, 2.24) is 9.97 Å². The zero-order chi connectivity index (χ0) is 11.4. The summed E-state index contributed by atoms with van der Waals surface area (Å²) in [6.45, 7) is 1.60. The van der Waals surface area contributed by atoms with Gasteiger partial charge in [-0.3, -0.25) is 0 Å². The van der Waals surface area contributed by atoms with Crippen LogP contribution < -0.4 is 5.69 Å². The minimum Gasteiger partial charge on any atom is -0.462 e. The van der Waals surface area contributed by atoms with Gasteiger partial charge >= 0.3 is 11.7 Å². The van der Waals surface area contributed by atoms with Crippen molar-refractivity contribution in [2.75, 3.05) is 6.61 Å². The lowest BCUT2D eigenvalue weighted by Crippen LogP contribution is -2.18. The standard InChI is InChI=1S/C8H8F2N2O3/c1-2-15-7(13)4-3-11-8(14)12-5(4)6(9)10/h3,6H,2H2,1H3,(H,11,12,14). The number of esters is 1. The topological polar surface area (TPSA) is 72.0 Å². The van der Waals surface area contributed by atoms with Gasteiger partial charge in [-0.1, -0.05) is 0 Å². The van der Waals surface area contributed by atoms with Crippen molar-refractivity contribution >= 4 is 5.97 Å². The van der Waals surface area contributed by atoms with Gasteiger partial charge in [0.2, 0.25) is 0 Å². The fourth-order valence-corrected chi connectivity index (χ4v) is 0.951. The van der Waals surface area contributed by atoms with E-state index >= 15 is 0 Å². The molecule has 0 aromatic carbocycles. The number of ether oxygens (including phenoxy) is 1. The van der Waals surface area contributed by atoms with Gasteiger partial charge in [0.25, 0.3) is 6.43 Å². The first-order valence-electron chi connectivity index (χ1n) is 4.10. The summed E-state index contributed by atoms with van der Waals surface area (Å²) in [4.78, 5) is 26.8. The second kappa shape index (κ2) is 4.63. The fraction of sp³-hybridized carbons (Fsp3) is 0.375. The number of aromatic amines is 1. The van der Waals surface area contributed by atoms with E-state index in [0.29, 0.717) is 0 Å². The van der Waals surface area contributed by atoms with Crippen LogP contribution >= 0.6 is 0 Å². The molecule has 0 unspecified atom stereocenters. The quantitative estimate of drug-likeness (QED) is 0.764. The number of carbonyl (C=O) groups is 1. The van der Waals surface area contributed by atoms with Gasteiger partial charge in [0.05, 0.1) is 6.61 Å². The third-order valence-corrected chi connectivity index (χ3v) is 1.56. The molecular formula is C8H8F2N2O3. The minimum absolute atomic E-state index is 0.0562. The largest absolute Gasteiger partial charge is 0.462 e. The highest BCUT2D eigenvalue weighted by Gasteiger charge is 2.20. The van der Waals surface area contributed by atoms with E-state index in [-0.39, 0.29) is 6.61 Å². The number of nitrogens with zero attached hydrogens (tertiary/aromatic N) is 1. The van der Waals surface area contributed by atoms with Crippen LogP contribution in [0.2, 0.25) is 0 Å². The maximum absolute atomic E-state index is 12.4. The third-order valence-electron chi connectivity index (χ3n) is 1.56. The summed E-state index contributed by atoms with van der Waals surface area (Å²) in [5.74, 6) is -0.934. The minimum atomic E-state index is -2.96. The van der Waals surface area contributed by atoms with Crippen LogP contribution in [0, 0.1) is 0 Å². The summed E-state index contributed by atoms with van der Waals surface area (Å²) in [7, 11) is 0. The molecule has 7 heteroatoms. The molecule has 0 spiro atoms. The lowest BCUT2D eigenvalue weighted by molar-refractivity contribution is 0.0512. The molecule has 0 saturated carbocycles. The number of rotatable bonds is 3. The molecule has 1 aromatic heterocycles. The van der Waals surface area contributed by atoms with E-state index < -0.39 is 29.3 Å². The molecule has 82 valence electrons. The van der Waals surface area contributed by atoms with Crippen LogP contribution in [0.1, 0.15) is 29.4 Å². The summed E-state index contributed by atoms with van der Waals surface area (Å²) in [5, 5.41) is 0. The first-order chi connectivity index (χ1) is 7.06. The molecule has 0 aliphatic rings. The van der Waals surface area contributed by atoms with Crippen LogP contribution in [0.5, 0.6) is 0 Å². The highest BCUT2D eigenvalue weighted by molar-refractivity contribution is 5.90. The van der Waals surface area contributed by atoms with Crippen LogP contribution in [0.3, 0.4) is 0 Å². The summed E-state index contributed by atoms with van der Waals surface area (Å²) < 4.78 is 29.3. The van der Waals surface area contributed by atoms with Crippen LogP contribution in [0.15, 0.2) is 11.0 Å². The Hall–Kier alpha value is -1.79. The monoisotopic (exact) mass is 218 g/mol. The molecule has 0 fully saturated rings. The van der Waals surface area contributed by atoms with Gasteiger partial charge in [0, 0.05) is 6.20 Å². The Bertz CT molecular complexity index is 417. The summed E-state index contributed by atoms with van der Waals surface area (Å²) >= 11 is 0. The smallest absolute Gasteiger partial charge is 0.345 e. The van der Waals surface area contributed by atoms with E-state index in [2.05, 4.69) is 9.72 Å². The number of aromatic nitrogens is 2. The number of hydrogen-bond acceptors (Lipinski definition) is 4. The summed E-state index contributed by atoms with van der Waals surface area (Å²) in [5.41, 5.74) is -2.13. The van der Waals surface area contributed by atoms with Crippen molar-refractivity contribution in [1.29, 1.82) is 0 Å². The second-order valence-electron chi connectivity index (χ2n) is 2.54. The Kier molecular flexibility index (Phi) is 3.48. The average Bonchev–Trinajstić information content (AvgIpc) is 2.17. The van der Waals surface area contributed by atoms with Crippen molar-refractivity contribution in [3.8, 4) is 0 Å². The molecule has 0 amide bonds. The van der Waals surface area contributed by atoms with E-state index in [1.54, 1.807) is 11.9 Å². The van der Waals surface area contributed by atoms with Crippen molar-refractivity contribution in [2.45, 2.75) is 13.3 Å². The van der Waals surface area contributed by atoms with Gasteiger partial charge in [0.15, 0.2) is 0 Å². The molecule has 1 N–H and O–H groups in total. The SMILES string of the molecule is CCOC(=O)c1cnc(=O)[nH]c1C(F)F. The summed E-state index contributed by atoms with van der Waals surface area (Å²) in [6, 6.07) is 0. The molecule has 15 heavy (non-hydrogen) atoms. The van der Waals surface area contributed by atoms with Gasteiger partial charge in [-0.15, -0.1) is 0 Å². The molecule has 1 rings (SSSR count). The number of alkyl halides is 2. The van der Waals surface area contributed by atoms with Crippen molar-refractivity contribution in [3.63, 3.8) is 0 Å². The molecule has 0 aliphatic carbocycles. The lowest BCUT2D eigenvalue weighted by atomic mass is 10.2. The van der Waals surface area contributed by atoms with Gasteiger partial charge in [-0.2, -0.15) is 0 Å². The van der Waals surface area contributed by atoms with Gasteiger partial charge in [-0.25, -0.2) is 23.4 Å². The Morgan fingerprint density at radius 3 is 2.87 bits per heavy atom. The fourth-order valence-electron chi connectivity index (χ4n) is 0.951. The Morgan fingerprint density at radius 2 is 2.33 bits per heavy atom. The van der Waals surface area contributed by atoms with Gasteiger partial charge in [0.1, 0.15) is 11.3 Å². The molecule has 5 nitrogen and oxygen atoms in total. The van der Waals surface area contributed by atoms with Crippen LogP contribution in [-0.4, -0.2) is 22.5 Å². The Morgan fingerprint density at radius 1 is 1.67 bits per heavy atom. The van der Waals surface area contributed by atoms with E-state index in [1.807, 2.05) is 0 Å². The lowest BCUT2D eigenvalue weighted by Gasteiger charge is -2.06. The molecule has 1 aromatic rings. The molecule has 0 saturated heterocycles. The number of hydrogen-bond donors (Lipinski definition) is 1. The van der Waals surface area contributed by atoms with Crippen LogP contribution in [-0.2, 0) is 4.74 Å². The van der Waals surface area contributed by atoms with Crippen LogP contribution in [0.25, 0.3) is 0 Å². The second-order valence-corrected chi connectivity index (χ2v) is 2.54. The number of H-pyrrole nitrogens is 1. The number of nitrogens with one attached hydrogen (secondary N) is 1. The van der Waals surface area contributed by atoms with Crippen LogP contribution in [0.4, 0.5) is 8.78 Å². The van der Waals surface area contributed by atoms with E-state index in [4.69, 9.17) is 0 Å². The third kappa shape index (κ3) is 2.58. The highest BCUT2D eigenvalue weighted by Crippen LogP contribution is 2.19. The Labute approximate surface area is 83.1 Å².